The SMILES string of the molecule is CC(CC(=O)NC1CC1)c1ccc(N)cc1. The van der Waals surface area contributed by atoms with Gasteiger partial charge >= 0.3 is 0 Å². The molecule has 1 unspecified atom stereocenters. The Hall–Kier alpha value is -1.51. The highest BCUT2D eigenvalue weighted by Gasteiger charge is 2.23. The van der Waals surface area contributed by atoms with Crippen LogP contribution in [-0.2, 0) is 4.79 Å². The highest BCUT2D eigenvalue weighted by Crippen LogP contribution is 2.22. The van der Waals surface area contributed by atoms with Crippen molar-refractivity contribution < 1.29 is 4.79 Å². The van der Waals surface area contributed by atoms with Crippen LogP contribution in [0.5, 0.6) is 0 Å². The van der Waals surface area contributed by atoms with E-state index >= 15 is 0 Å². The number of nitrogen functional groups attached to an aromatic ring is 1. The fourth-order valence-electron chi connectivity index (χ4n) is 1.73. The first kappa shape index (κ1) is 11.0. The van der Waals surface area contributed by atoms with E-state index in [-0.39, 0.29) is 11.8 Å². The third kappa shape index (κ3) is 2.99. The summed E-state index contributed by atoms with van der Waals surface area (Å²) in [6, 6.07) is 8.19. The summed E-state index contributed by atoms with van der Waals surface area (Å²) in [5, 5.41) is 3.00. The van der Waals surface area contributed by atoms with Gasteiger partial charge in [-0.3, -0.25) is 4.79 Å². The first-order valence-corrected chi connectivity index (χ1v) is 5.80. The largest absolute Gasteiger partial charge is 0.399 e. The second kappa shape index (κ2) is 4.56. The molecule has 0 aromatic heterocycles. The average Bonchev–Trinajstić information content (AvgIpc) is 3.02. The van der Waals surface area contributed by atoms with E-state index in [0.717, 1.165) is 18.5 Å². The van der Waals surface area contributed by atoms with Crippen LogP contribution < -0.4 is 11.1 Å². The summed E-state index contributed by atoms with van der Waals surface area (Å²) < 4.78 is 0. The molecular formula is C13H18N2O. The lowest BCUT2D eigenvalue weighted by Gasteiger charge is -2.11. The molecule has 1 fully saturated rings. The van der Waals surface area contributed by atoms with Crippen LogP contribution in [0.1, 0.15) is 37.7 Å². The maximum absolute atomic E-state index is 11.6. The lowest BCUT2D eigenvalue weighted by Crippen LogP contribution is -2.26. The quantitative estimate of drug-likeness (QED) is 0.760. The van der Waals surface area contributed by atoms with Gasteiger partial charge in [0, 0.05) is 18.2 Å². The van der Waals surface area contributed by atoms with Crippen molar-refractivity contribution in [2.24, 2.45) is 0 Å². The van der Waals surface area contributed by atoms with Gasteiger partial charge in [-0.05, 0) is 36.5 Å². The number of anilines is 1. The summed E-state index contributed by atoms with van der Waals surface area (Å²) in [4.78, 5) is 11.6. The van der Waals surface area contributed by atoms with Gasteiger partial charge in [-0.1, -0.05) is 19.1 Å². The number of benzene rings is 1. The van der Waals surface area contributed by atoms with E-state index in [1.54, 1.807) is 0 Å². The molecule has 0 heterocycles. The molecule has 0 spiro atoms. The van der Waals surface area contributed by atoms with Crippen molar-refractivity contribution in [2.45, 2.75) is 38.1 Å². The van der Waals surface area contributed by atoms with Crippen molar-refractivity contribution in [1.82, 2.24) is 5.32 Å². The molecule has 1 aliphatic carbocycles. The summed E-state index contributed by atoms with van der Waals surface area (Å²) in [6.45, 7) is 2.07. The summed E-state index contributed by atoms with van der Waals surface area (Å²) in [5.74, 6) is 0.408. The lowest BCUT2D eigenvalue weighted by atomic mass is 9.97. The minimum atomic E-state index is 0.159. The molecule has 1 amide bonds. The topological polar surface area (TPSA) is 55.1 Å². The van der Waals surface area contributed by atoms with Gasteiger partial charge in [0.1, 0.15) is 0 Å². The zero-order chi connectivity index (χ0) is 11.5. The van der Waals surface area contributed by atoms with Crippen molar-refractivity contribution in [3.8, 4) is 0 Å². The third-order valence-corrected chi connectivity index (χ3v) is 2.94. The Morgan fingerprint density at radius 3 is 2.62 bits per heavy atom. The zero-order valence-electron chi connectivity index (χ0n) is 9.57. The molecule has 86 valence electrons. The van der Waals surface area contributed by atoms with Crippen LogP contribution >= 0.6 is 0 Å². The van der Waals surface area contributed by atoms with Gasteiger partial charge in [-0.2, -0.15) is 0 Å². The molecule has 1 aromatic rings. The molecule has 0 saturated heterocycles. The van der Waals surface area contributed by atoms with Crippen LogP contribution in [0, 0.1) is 0 Å². The number of hydrogen-bond donors (Lipinski definition) is 2. The van der Waals surface area contributed by atoms with Crippen LogP contribution in [0.3, 0.4) is 0 Å². The number of carbonyl (C=O) groups excluding carboxylic acids is 1. The summed E-state index contributed by atoms with van der Waals surface area (Å²) >= 11 is 0. The Bertz CT molecular complexity index is 368. The van der Waals surface area contributed by atoms with E-state index in [4.69, 9.17) is 5.73 Å². The van der Waals surface area contributed by atoms with Crippen LogP contribution in [-0.4, -0.2) is 11.9 Å². The van der Waals surface area contributed by atoms with E-state index in [1.807, 2.05) is 24.3 Å². The minimum Gasteiger partial charge on any atom is -0.399 e. The Morgan fingerprint density at radius 2 is 2.06 bits per heavy atom. The molecule has 3 N–H and O–H groups in total. The van der Waals surface area contributed by atoms with E-state index < -0.39 is 0 Å². The fourth-order valence-corrected chi connectivity index (χ4v) is 1.73. The van der Waals surface area contributed by atoms with E-state index in [1.165, 1.54) is 5.56 Å². The summed E-state index contributed by atoms with van der Waals surface area (Å²) in [5.41, 5.74) is 7.55. The Morgan fingerprint density at radius 1 is 1.44 bits per heavy atom. The number of amides is 1. The molecule has 3 nitrogen and oxygen atoms in total. The number of nitrogens with two attached hydrogens (primary N) is 1. The standard InChI is InChI=1S/C13H18N2O/c1-9(8-13(16)15-12-6-7-12)10-2-4-11(14)5-3-10/h2-5,9,12H,6-8,14H2,1H3,(H,15,16). The van der Waals surface area contributed by atoms with Gasteiger partial charge in [0.15, 0.2) is 0 Å². The Labute approximate surface area is 96.0 Å². The third-order valence-electron chi connectivity index (χ3n) is 2.94. The molecule has 0 radical (unpaired) electrons. The van der Waals surface area contributed by atoms with Crippen molar-refractivity contribution >= 4 is 11.6 Å². The normalized spacial score (nSPS) is 16.8. The first-order valence-electron chi connectivity index (χ1n) is 5.80. The lowest BCUT2D eigenvalue weighted by molar-refractivity contribution is -0.121. The summed E-state index contributed by atoms with van der Waals surface area (Å²) in [6.07, 6.45) is 2.84. The van der Waals surface area contributed by atoms with Crippen LogP contribution in [0.25, 0.3) is 0 Å². The fraction of sp³-hybridized carbons (Fsp3) is 0.462. The van der Waals surface area contributed by atoms with Crippen molar-refractivity contribution in [1.29, 1.82) is 0 Å². The number of nitrogens with one attached hydrogen (secondary N) is 1. The smallest absolute Gasteiger partial charge is 0.220 e. The monoisotopic (exact) mass is 218 g/mol. The maximum atomic E-state index is 11.6. The highest BCUT2D eigenvalue weighted by molar-refractivity contribution is 5.77. The number of carbonyl (C=O) groups is 1. The second-order valence-corrected chi connectivity index (χ2v) is 4.61. The van der Waals surface area contributed by atoms with Gasteiger partial charge in [0.05, 0.1) is 0 Å². The van der Waals surface area contributed by atoms with Gasteiger partial charge in [-0.25, -0.2) is 0 Å². The van der Waals surface area contributed by atoms with Crippen molar-refractivity contribution in [2.75, 3.05) is 5.73 Å². The first-order chi connectivity index (χ1) is 7.65. The van der Waals surface area contributed by atoms with Crippen LogP contribution in [0.4, 0.5) is 5.69 Å². The van der Waals surface area contributed by atoms with Crippen molar-refractivity contribution in [3.05, 3.63) is 29.8 Å². The molecule has 1 saturated carbocycles. The highest BCUT2D eigenvalue weighted by atomic mass is 16.1. The molecular weight excluding hydrogens is 200 g/mol. The molecule has 0 bridgehead atoms. The van der Waals surface area contributed by atoms with Gasteiger partial charge in [-0.15, -0.1) is 0 Å². The van der Waals surface area contributed by atoms with Gasteiger partial charge in [0.25, 0.3) is 0 Å². The number of rotatable bonds is 4. The van der Waals surface area contributed by atoms with Gasteiger partial charge < -0.3 is 11.1 Å². The van der Waals surface area contributed by atoms with E-state index in [0.29, 0.717) is 12.5 Å². The van der Waals surface area contributed by atoms with Crippen LogP contribution in [0.2, 0.25) is 0 Å². The molecule has 1 atom stereocenters. The Balaban J connectivity index is 1.88. The van der Waals surface area contributed by atoms with E-state index in [2.05, 4.69) is 12.2 Å². The number of hydrogen-bond acceptors (Lipinski definition) is 2. The molecule has 0 aliphatic heterocycles. The second-order valence-electron chi connectivity index (χ2n) is 4.61. The maximum Gasteiger partial charge on any atom is 0.220 e. The van der Waals surface area contributed by atoms with Crippen LogP contribution in [0.15, 0.2) is 24.3 Å². The zero-order valence-corrected chi connectivity index (χ0v) is 9.57. The minimum absolute atomic E-state index is 0.159. The molecule has 3 heteroatoms. The molecule has 1 aliphatic rings. The average molecular weight is 218 g/mol. The molecule has 16 heavy (non-hydrogen) atoms. The predicted octanol–water partition coefficient (Wildman–Crippen LogP) is 2.04. The molecule has 1 aromatic carbocycles. The predicted molar refractivity (Wildman–Crippen MR) is 65.1 cm³/mol. The van der Waals surface area contributed by atoms with E-state index in [9.17, 15) is 4.79 Å². The summed E-state index contributed by atoms with van der Waals surface area (Å²) in [7, 11) is 0. The van der Waals surface area contributed by atoms with Crippen molar-refractivity contribution in [3.63, 3.8) is 0 Å². The molecule has 2 rings (SSSR count). The van der Waals surface area contributed by atoms with Gasteiger partial charge in [0.2, 0.25) is 5.91 Å². The Kier molecular flexibility index (Phi) is 3.13.